The maximum absolute atomic E-state index is 11.9. The molecule has 0 spiro atoms. The first-order valence-electron chi connectivity index (χ1n) is 8.00. The van der Waals surface area contributed by atoms with E-state index in [1.165, 1.54) is 11.3 Å². The Labute approximate surface area is 149 Å². The molecule has 1 saturated heterocycles. The Morgan fingerprint density at radius 2 is 2.04 bits per heavy atom. The maximum Gasteiger partial charge on any atom is 0.250 e. The highest BCUT2D eigenvalue weighted by Gasteiger charge is 2.27. The first-order valence-corrected chi connectivity index (χ1v) is 10.7. The summed E-state index contributed by atoms with van der Waals surface area (Å²) in [6.07, 6.45) is 4.80. The van der Waals surface area contributed by atoms with Crippen LogP contribution in [0.1, 0.15) is 34.7 Å². The van der Waals surface area contributed by atoms with Crippen LogP contribution >= 0.6 is 11.3 Å². The molecule has 8 heteroatoms. The molecule has 1 aromatic carbocycles. The lowest BCUT2D eigenvalue weighted by Crippen LogP contribution is -2.22. The number of hydrogen-bond donors (Lipinski definition) is 2. The molecule has 1 fully saturated rings. The van der Waals surface area contributed by atoms with E-state index in [9.17, 15) is 13.2 Å². The number of hydrogen-bond acceptors (Lipinski definition) is 5. The van der Waals surface area contributed by atoms with Crippen molar-refractivity contribution in [3.05, 3.63) is 41.0 Å². The molecule has 0 saturated carbocycles. The normalized spacial score (nSPS) is 17.8. The molecule has 0 radical (unpaired) electrons. The smallest absolute Gasteiger partial charge is 0.250 e. The number of aromatic nitrogens is 2. The number of carbonyl (C=O) groups is 1. The molecular weight excluding hydrogens is 358 g/mol. The number of carbonyl (C=O) groups excluding carboxylic acids is 1. The fourth-order valence-electron chi connectivity index (χ4n) is 3.48. The molecule has 4 rings (SSSR count). The minimum absolute atomic E-state index is 0.157. The third-order valence-electron chi connectivity index (χ3n) is 4.76. The Balaban J connectivity index is 1.85. The molecule has 0 atom stereocenters. The number of nitrogens with one attached hydrogen (secondary N) is 1. The van der Waals surface area contributed by atoms with E-state index >= 15 is 0 Å². The van der Waals surface area contributed by atoms with Crippen molar-refractivity contribution in [2.75, 3.05) is 11.5 Å². The van der Waals surface area contributed by atoms with Crippen molar-refractivity contribution >= 4 is 38.0 Å². The summed E-state index contributed by atoms with van der Waals surface area (Å²) in [6.45, 7) is 0. The van der Waals surface area contributed by atoms with Crippen LogP contribution in [0.4, 0.5) is 0 Å². The van der Waals surface area contributed by atoms with E-state index in [1.807, 2.05) is 17.6 Å². The number of aromatic amines is 1. The quantitative estimate of drug-likeness (QED) is 0.734. The zero-order chi connectivity index (χ0) is 17.6. The number of thiazole rings is 1. The number of H-pyrrole nitrogens is 1. The van der Waals surface area contributed by atoms with Gasteiger partial charge in [-0.1, -0.05) is 0 Å². The van der Waals surface area contributed by atoms with Gasteiger partial charge in [-0.2, -0.15) is 0 Å². The van der Waals surface area contributed by atoms with Gasteiger partial charge in [-0.3, -0.25) is 4.79 Å². The van der Waals surface area contributed by atoms with Crippen molar-refractivity contribution in [2.45, 2.75) is 18.8 Å². The molecular formula is C17H17N3O3S2. The van der Waals surface area contributed by atoms with Crippen molar-refractivity contribution in [2.24, 2.45) is 5.73 Å². The fourth-order valence-corrected chi connectivity index (χ4v) is 5.59. The molecule has 1 aliphatic rings. The van der Waals surface area contributed by atoms with Gasteiger partial charge in [0, 0.05) is 28.7 Å². The van der Waals surface area contributed by atoms with Gasteiger partial charge >= 0.3 is 0 Å². The van der Waals surface area contributed by atoms with Crippen molar-refractivity contribution in [3.8, 4) is 10.6 Å². The SMILES string of the molecule is NC(=O)c1cc(-c2nccs2)cc2c(C3CCS(=O)(=O)CC3)c[nH]c12. The zero-order valence-electron chi connectivity index (χ0n) is 13.4. The van der Waals surface area contributed by atoms with Crippen LogP contribution in [-0.2, 0) is 9.84 Å². The molecule has 0 bridgehead atoms. The Bertz CT molecular complexity index is 1040. The molecule has 25 heavy (non-hydrogen) atoms. The topological polar surface area (TPSA) is 106 Å². The van der Waals surface area contributed by atoms with Crippen LogP contribution in [0.3, 0.4) is 0 Å². The predicted molar refractivity (Wildman–Crippen MR) is 98.6 cm³/mol. The number of benzene rings is 1. The molecule has 3 N–H and O–H groups in total. The van der Waals surface area contributed by atoms with E-state index in [1.54, 1.807) is 12.3 Å². The summed E-state index contributed by atoms with van der Waals surface area (Å²) in [5.41, 5.74) is 8.60. The molecule has 130 valence electrons. The summed E-state index contributed by atoms with van der Waals surface area (Å²) in [5, 5.41) is 3.63. The van der Waals surface area contributed by atoms with Crippen molar-refractivity contribution in [1.29, 1.82) is 0 Å². The number of rotatable bonds is 3. The van der Waals surface area contributed by atoms with Crippen LogP contribution < -0.4 is 5.73 Å². The Hall–Kier alpha value is -2.19. The Morgan fingerprint density at radius 1 is 1.28 bits per heavy atom. The molecule has 0 aliphatic carbocycles. The summed E-state index contributed by atoms with van der Waals surface area (Å²) in [7, 11) is -2.92. The largest absolute Gasteiger partial charge is 0.366 e. The summed E-state index contributed by atoms with van der Waals surface area (Å²) in [4.78, 5) is 19.4. The van der Waals surface area contributed by atoms with Gasteiger partial charge in [0.25, 0.3) is 5.91 Å². The predicted octanol–water partition coefficient (Wildman–Crippen LogP) is 2.68. The van der Waals surface area contributed by atoms with Gasteiger partial charge in [0.15, 0.2) is 0 Å². The van der Waals surface area contributed by atoms with Gasteiger partial charge in [0.05, 0.1) is 22.6 Å². The number of primary amides is 1. The summed E-state index contributed by atoms with van der Waals surface area (Å²) >= 11 is 1.50. The number of sulfone groups is 1. The van der Waals surface area contributed by atoms with Crippen LogP contribution in [0.5, 0.6) is 0 Å². The van der Waals surface area contributed by atoms with E-state index in [2.05, 4.69) is 9.97 Å². The maximum atomic E-state index is 11.9. The second-order valence-corrected chi connectivity index (χ2v) is 9.52. The van der Waals surface area contributed by atoms with Gasteiger partial charge in [-0.05, 0) is 36.5 Å². The second kappa shape index (κ2) is 5.96. The van der Waals surface area contributed by atoms with Crippen LogP contribution in [-0.4, -0.2) is 35.8 Å². The van der Waals surface area contributed by atoms with Crippen LogP contribution in [0.2, 0.25) is 0 Å². The molecule has 2 aromatic heterocycles. The molecule has 1 amide bonds. The van der Waals surface area contributed by atoms with Crippen molar-refractivity contribution in [3.63, 3.8) is 0 Å². The number of fused-ring (bicyclic) bond motifs is 1. The standard InChI is InChI=1S/C17H17N3O3S2/c18-16(21)13-8-11(17-19-3-4-24-17)7-12-14(9-20-15(12)13)10-1-5-25(22,23)6-2-10/h3-4,7-10,20H,1-2,5-6H2,(H2,18,21). The van der Waals surface area contributed by atoms with Gasteiger partial charge in [-0.25, -0.2) is 13.4 Å². The average Bonchev–Trinajstić information content (AvgIpc) is 3.23. The van der Waals surface area contributed by atoms with Crippen LogP contribution in [0.15, 0.2) is 29.9 Å². The third-order valence-corrected chi connectivity index (χ3v) is 7.30. The molecule has 3 heterocycles. The highest BCUT2D eigenvalue weighted by atomic mass is 32.2. The lowest BCUT2D eigenvalue weighted by molar-refractivity contribution is 0.100. The monoisotopic (exact) mass is 375 g/mol. The summed E-state index contributed by atoms with van der Waals surface area (Å²) in [6, 6.07) is 3.77. The zero-order valence-corrected chi connectivity index (χ0v) is 15.0. The minimum Gasteiger partial charge on any atom is -0.366 e. The van der Waals surface area contributed by atoms with Crippen LogP contribution in [0, 0.1) is 0 Å². The highest BCUT2D eigenvalue weighted by Crippen LogP contribution is 2.37. The molecule has 6 nitrogen and oxygen atoms in total. The van der Waals surface area contributed by atoms with Crippen molar-refractivity contribution in [1.82, 2.24) is 9.97 Å². The molecule has 1 aliphatic heterocycles. The van der Waals surface area contributed by atoms with E-state index in [4.69, 9.17) is 5.73 Å². The first-order chi connectivity index (χ1) is 11.9. The van der Waals surface area contributed by atoms with E-state index in [-0.39, 0.29) is 17.4 Å². The molecule has 3 aromatic rings. The van der Waals surface area contributed by atoms with Crippen LogP contribution in [0.25, 0.3) is 21.5 Å². The van der Waals surface area contributed by atoms with Crippen molar-refractivity contribution < 1.29 is 13.2 Å². The van der Waals surface area contributed by atoms with E-state index in [0.29, 0.717) is 23.9 Å². The Morgan fingerprint density at radius 3 is 2.68 bits per heavy atom. The molecule has 0 unspecified atom stereocenters. The summed E-state index contributed by atoms with van der Waals surface area (Å²) in [5.74, 6) is 0.0748. The average molecular weight is 375 g/mol. The van der Waals surface area contributed by atoms with Gasteiger partial charge in [-0.15, -0.1) is 11.3 Å². The van der Waals surface area contributed by atoms with Gasteiger partial charge in [0.2, 0.25) is 0 Å². The van der Waals surface area contributed by atoms with Gasteiger partial charge in [0.1, 0.15) is 14.8 Å². The second-order valence-electron chi connectivity index (χ2n) is 6.32. The van der Waals surface area contributed by atoms with E-state index in [0.717, 1.165) is 21.5 Å². The van der Waals surface area contributed by atoms with Gasteiger partial charge < -0.3 is 10.7 Å². The highest BCUT2D eigenvalue weighted by molar-refractivity contribution is 7.91. The van der Waals surface area contributed by atoms with E-state index < -0.39 is 15.7 Å². The minimum atomic E-state index is -2.92. The lowest BCUT2D eigenvalue weighted by Gasteiger charge is -2.21. The Kier molecular flexibility index (Phi) is 3.88. The summed E-state index contributed by atoms with van der Waals surface area (Å²) < 4.78 is 23.4. The third kappa shape index (κ3) is 2.96. The first kappa shape index (κ1) is 16.3. The lowest BCUT2D eigenvalue weighted by atomic mass is 9.92. The number of nitrogens with zero attached hydrogens (tertiary/aromatic N) is 1. The number of amides is 1. The fraction of sp³-hybridized carbons (Fsp3) is 0.294. The number of nitrogens with two attached hydrogens (primary N) is 1.